The van der Waals surface area contributed by atoms with Gasteiger partial charge in [0.25, 0.3) is 6.73 Å². The first-order chi connectivity index (χ1) is 24.5. The number of methoxy groups -OCH3 is 1. The van der Waals surface area contributed by atoms with Crippen LogP contribution in [0.3, 0.4) is 0 Å². The Labute approximate surface area is 299 Å². The van der Waals surface area contributed by atoms with E-state index in [1.54, 1.807) is 59.4 Å². The lowest BCUT2D eigenvalue weighted by Gasteiger charge is -2.22. The molecule has 0 fully saturated rings. The number of hydrogen-bond donors (Lipinski definition) is 1. The molecule has 16 heteroatoms. The highest BCUT2D eigenvalue weighted by Gasteiger charge is 2.14. The monoisotopic (exact) mass is 724 g/mol. The molecular weight excluding hydrogens is 674 g/mol. The maximum absolute atomic E-state index is 12.0. The number of guanidine groups is 1. The molecule has 0 aliphatic carbocycles. The molecule has 0 aliphatic heterocycles. The van der Waals surface area contributed by atoms with Crippen molar-refractivity contribution in [1.29, 1.82) is 5.26 Å². The standard InChI is InChI=1S/C34H51ClN5O10/c1-42-16-17-43-18-19-44-20-21-45-22-23-46-24-25-47-26-27-49-34(41)50-29-39-13-10-31(11-14-39)40(33(37)38-28-36)12-4-2-3-5-15-48-32-8-6-30(35)7-9-32/h6-11,13-14H,2-5,12,15-27,29H2,1H3,(H2,37,38)/q+1. The Bertz CT molecular complexity index is 1220. The van der Waals surface area contributed by atoms with E-state index in [0.29, 0.717) is 84.2 Å². The minimum atomic E-state index is -0.813. The van der Waals surface area contributed by atoms with E-state index in [1.807, 2.05) is 12.1 Å². The van der Waals surface area contributed by atoms with Crippen LogP contribution in [0.1, 0.15) is 25.7 Å². The minimum Gasteiger partial charge on any atom is -0.494 e. The van der Waals surface area contributed by atoms with E-state index in [9.17, 15) is 4.79 Å². The van der Waals surface area contributed by atoms with Crippen molar-refractivity contribution in [2.45, 2.75) is 32.4 Å². The molecule has 0 atom stereocenters. The third-order valence-electron chi connectivity index (χ3n) is 6.68. The molecule has 0 unspecified atom stereocenters. The van der Waals surface area contributed by atoms with Crippen molar-refractivity contribution in [3.63, 3.8) is 0 Å². The number of nitrogens with two attached hydrogens (primary N) is 1. The van der Waals surface area contributed by atoms with Crippen molar-refractivity contribution in [2.75, 3.05) is 104 Å². The molecule has 0 bridgehead atoms. The average molecular weight is 725 g/mol. The fourth-order valence-electron chi connectivity index (χ4n) is 4.13. The number of rotatable bonds is 29. The highest BCUT2D eigenvalue weighted by atomic mass is 35.5. The van der Waals surface area contributed by atoms with Gasteiger partial charge in [0.1, 0.15) is 12.4 Å². The van der Waals surface area contributed by atoms with Crippen molar-refractivity contribution in [2.24, 2.45) is 10.7 Å². The molecule has 2 rings (SSSR count). The predicted octanol–water partition coefficient (Wildman–Crippen LogP) is 3.71. The summed E-state index contributed by atoms with van der Waals surface area (Å²) in [5.74, 6) is 0.897. The van der Waals surface area contributed by atoms with Crippen molar-refractivity contribution >= 4 is 29.4 Å². The van der Waals surface area contributed by atoms with Crippen LogP contribution in [0.5, 0.6) is 5.75 Å². The van der Waals surface area contributed by atoms with Gasteiger partial charge in [-0.2, -0.15) is 9.83 Å². The second-order valence-corrected chi connectivity index (χ2v) is 10.9. The summed E-state index contributed by atoms with van der Waals surface area (Å²) in [6.45, 7) is 6.17. The number of carbonyl (C=O) groups is 1. The van der Waals surface area contributed by atoms with Gasteiger partial charge in [0.15, 0.2) is 12.4 Å². The van der Waals surface area contributed by atoms with Gasteiger partial charge in [-0.05, 0) is 37.1 Å². The molecule has 2 aromatic rings. The fraction of sp³-hybridized carbons (Fsp3) is 0.588. The highest BCUT2D eigenvalue weighted by Crippen LogP contribution is 2.17. The summed E-state index contributed by atoms with van der Waals surface area (Å²) in [4.78, 5) is 17.4. The molecule has 1 aromatic carbocycles. The van der Waals surface area contributed by atoms with Gasteiger partial charge in [0, 0.05) is 30.8 Å². The summed E-state index contributed by atoms with van der Waals surface area (Å²) < 4.78 is 49.4. The van der Waals surface area contributed by atoms with Crippen LogP contribution in [0.15, 0.2) is 53.8 Å². The number of unbranched alkanes of at least 4 members (excludes halogenated alkanes) is 3. The number of anilines is 1. The van der Waals surface area contributed by atoms with Crippen LogP contribution in [-0.2, 0) is 44.6 Å². The average Bonchev–Trinajstić information content (AvgIpc) is 3.12. The summed E-state index contributed by atoms with van der Waals surface area (Å²) in [6.07, 6.45) is 8.05. The molecule has 2 N–H and O–H groups in total. The van der Waals surface area contributed by atoms with E-state index in [2.05, 4.69) is 4.99 Å². The van der Waals surface area contributed by atoms with Crippen LogP contribution in [-0.4, -0.2) is 112 Å². The lowest BCUT2D eigenvalue weighted by Crippen LogP contribution is -2.40. The smallest absolute Gasteiger partial charge is 0.494 e. The van der Waals surface area contributed by atoms with Crippen LogP contribution < -0.4 is 19.9 Å². The molecule has 0 spiro atoms. The van der Waals surface area contributed by atoms with Crippen LogP contribution >= 0.6 is 11.6 Å². The minimum absolute atomic E-state index is 0.0464. The van der Waals surface area contributed by atoms with E-state index in [0.717, 1.165) is 37.1 Å². The van der Waals surface area contributed by atoms with Crippen molar-refractivity contribution in [3.8, 4) is 11.9 Å². The summed E-state index contributed by atoms with van der Waals surface area (Å²) >= 11 is 5.90. The van der Waals surface area contributed by atoms with Crippen LogP contribution in [0, 0.1) is 11.5 Å². The van der Waals surface area contributed by atoms with E-state index in [-0.39, 0.29) is 25.9 Å². The lowest BCUT2D eigenvalue weighted by atomic mass is 10.2. The quantitative estimate of drug-likeness (QED) is 0.0322. The molecule has 15 nitrogen and oxygen atoms in total. The third-order valence-corrected chi connectivity index (χ3v) is 6.94. The topological polar surface area (TPSA) is 169 Å². The van der Waals surface area contributed by atoms with Crippen molar-refractivity contribution in [1.82, 2.24) is 0 Å². The van der Waals surface area contributed by atoms with Gasteiger partial charge < -0.3 is 53.3 Å². The molecule has 50 heavy (non-hydrogen) atoms. The number of aliphatic imine (C=N–C) groups is 1. The Kier molecular flexibility index (Phi) is 24.6. The van der Waals surface area contributed by atoms with Gasteiger partial charge in [0.2, 0.25) is 12.2 Å². The van der Waals surface area contributed by atoms with Gasteiger partial charge in [-0.3, -0.25) is 0 Å². The lowest BCUT2D eigenvalue weighted by molar-refractivity contribution is -0.727. The first kappa shape index (κ1) is 42.4. The van der Waals surface area contributed by atoms with Crippen LogP contribution in [0.25, 0.3) is 0 Å². The van der Waals surface area contributed by atoms with E-state index in [1.165, 1.54) is 0 Å². The Hall–Kier alpha value is -3.75. The Balaban J connectivity index is 1.50. The molecule has 0 radical (unpaired) electrons. The number of carbonyl (C=O) groups excluding carboxylic acids is 1. The first-order valence-electron chi connectivity index (χ1n) is 16.6. The van der Waals surface area contributed by atoms with Crippen molar-refractivity contribution < 1.29 is 52.0 Å². The molecule has 0 aliphatic rings. The van der Waals surface area contributed by atoms with E-state index < -0.39 is 6.16 Å². The molecule has 0 saturated heterocycles. The zero-order valence-electron chi connectivity index (χ0n) is 28.9. The maximum Gasteiger partial charge on any atom is 0.513 e. The Morgan fingerprint density at radius 2 is 1.30 bits per heavy atom. The number of halogens is 1. The number of nitrogens with zero attached hydrogens (tertiary/aromatic N) is 4. The number of aromatic nitrogens is 1. The molecule has 278 valence electrons. The van der Waals surface area contributed by atoms with Gasteiger partial charge >= 0.3 is 6.16 Å². The number of pyridine rings is 1. The normalized spacial score (nSPS) is 11.3. The highest BCUT2D eigenvalue weighted by molar-refractivity contribution is 6.30. The zero-order chi connectivity index (χ0) is 35.9. The maximum atomic E-state index is 12.0. The largest absolute Gasteiger partial charge is 0.513 e. The van der Waals surface area contributed by atoms with E-state index >= 15 is 0 Å². The van der Waals surface area contributed by atoms with Crippen LogP contribution in [0.2, 0.25) is 5.02 Å². The number of ether oxygens (including phenoxy) is 9. The fourth-order valence-corrected chi connectivity index (χ4v) is 4.25. The van der Waals surface area contributed by atoms with E-state index in [4.69, 9.17) is 65.2 Å². The zero-order valence-corrected chi connectivity index (χ0v) is 29.6. The second-order valence-electron chi connectivity index (χ2n) is 10.4. The molecular formula is C34H51ClN5O10+. The second kappa shape index (κ2) is 29.0. The third kappa shape index (κ3) is 21.4. The van der Waals surface area contributed by atoms with Crippen molar-refractivity contribution in [3.05, 3.63) is 53.8 Å². The number of nitriles is 1. The predicted molar refractivity (Wildman–Crippen MR) is 185 cm³/mol. The molecule has 1 aromatic heterocycles. The Morgan fingerprint density at radius 1 is 0.760 bits per heavy atom. The van der Waals surface area contributed by atoms with Gasteiger partial charge in [-0.15, -0.1) is 4.99 Å². The summed E-state index contributed by atoms with van der Waals surface area (Å²) in [7, 11) is 1.63. The van der Waals surface area contributed by atoms with Crippen LogP contribution in [0.4, 0.5) is 10.5 Å². The molecule has 0 saturated carbocycles. The number of benzene rings is 1. The van der Waals surface area contributed by atoms with Gasteiger partial charge in [0.05, 0.1) is 85.0 Å². The summed E-state index contributed by atoms with van der Waals surface area (Å²) in [5.41, 5.74) is 6.82. The molecule has 1 heterocycles. The summed E-state index contributed by atoms with van der Waals surface area (Å²) in [6, 6.07) is 10.9. The number of hydrogen-bond acceptors (Lipinski definition) is 12. The van der Waals surface area contributed by atoms with Gasteiger partial charge in [-0.25, -0.2) is 4.79 Å². The van der Waals surface area contributed by atoms with Gasteiger partial charge in [-0.1, -0.05) is 24.4 Å². The first-order valence-corrected chi connectivity index (χ1v) is 17.0. The SMILES string of the molecule is COCCOCCOCCOCCOCCOCCOC(=O)OC[n+]1ccc(N(CCCCCCOc2ccc(Cl)cc2)C(N)=NC#N)cc1. The molecule has 0 amide bonds. The Morgan fingerprint density at radius 3 is 1.86 bits per heavy atom. The summed E-state index contributed by atoms with van der Waals surface area (Å²) in [5, 5.41) is 9.69.